The van der Waals surface area contributed by atoms with Gasteiger partial charge < -0.3 is 25.4 Å². The number of aliphatic hydroxyl groups excluding tert-OH is 3. The maximum absolute atomic E-state index is 11.8. The topological polar surface area (TPSA) is 99.0 Å². The molecule has 2 aliphatic carbocycles. The molecule has 1 amide bonds. The smallest absolute Gasteiger partial charge is 0.220 e. The van der Waals surface area contributed by atoms with Gasteiger partial charge in [-0.05, 0) is 62.1 Å². The number of ether oxygens (including phenoxy) is 1. The van der Waals surface area contributed by atoms with E-state index in [0.717, 1.165) is 19.4 Å². The van der Waals surface area contributed by atoms with Crippen molar-refractivity contribution in [2.75, 3.05) is 13.2 Å². The molecule has 0 heterocycles. The molecule has 0 saturated heterocycles. The van der Waals surface area contributed by atoms with Gasteiger partial charge in [0.1, 0.15) is 18.5 Å². The maximum atomic E-state index is 11.8. The van der Waals surface area contributed by atoms with E-state index in [4.69, 9.17) is 16.3 Å². The molecule has 1 aromatic carbocycles. The van der Waals surface area contributed by atoms with Gasteiger partial charge in [-0.25, -0.2) is 0 Å². The molecule has 0 spiro atoms. The van der Waals surface area contributed by atoms with E-state index in [2.05, 4.69) is 5.32 Å². The zero-order valence-electron chi connectivity index (χ0n) is 19.0. The van der Waals surface area contributed by atoms with Crippen LogP contribution in [0.5, 0.6) is 5.75 Å². The number of benzene rings is 1. The van der Waals surface area contributed by atoms with Crippen LogP contribution in [-0.2, 0) is 4.79 Å². The molecular formula is C26H36ClNO5. The Bertz CT molecular complexity index is 810. The van der Waals surface area contributed by atoms with Crippen molar-refractivity contribution in [3.8, 4) is 5.75 Å². The van der Waals surface area contributed by atoms with E-state index in [-0.39, 0.29) is 24.3 Å². The molecule has 6 nitrogen and oxygen atoms in total. The first kappa shape index (κ1) is 25.8. The first-order valence-electron chi connectivity index (χ1n) is 11.9. The monoisotopic (exact) mass is 477 g/mol. The molecule has 182 valence electrons. The molecule has 0 radical (unpaired) electrons. The van der Waals surface area contributed by atoms with E-state index in [9.17, 15) is 20.1 Å². The summed E-state index contributed by atoms with van der Waals surface area (Å²) in [5.74, 6) is 1.04. The van der Waals surface area contributed by atoms with Crippen LogP contribution in [0.1, 0.15) is 44.9 Å². The van der Waals surface area contributed by atoms with Crippen LogP contribution >= 0.6 is 11.6 Å². The summed E-state index contributed by atoms with van der Waals surface area (Å²) in [7, 11) is 0. The number of allylic oxidation sites excluding steroid dienone is 2. The number of rotatable bonds is 13. The van der Waals surface area contributed by atoms with Gasteiger partial charge in [0.2, 0.25) is 5.91 Å². The van der Waals surface area contributed by atoms with E-state index < -0.39 is 18.3 Å². The highest BCUT2D eigenvalue weighted by Gasteiger charge is 2.39. The highest BCUT2D eigenvalue weighted by atomic mass is 35.5. The average Bonchev–Trinajstić information content (AvgIpc) is 3.57. The number of nitrogens with one attached hydrogen (secondary N) is 1. The van der Waals surface area contributed by atoms with Gasteiger partial charge in [0, 0.05) is 30.3 Å². The van der Waals surface area contributed by atoms with Gasteiger partial charge in [-0.3, -0.25) is 4.79 Å². The van der Waals surface area contributed by atoms with Crippen LogP contribution in [0.25, 0.3) is 0 Å². The number of unbranched alkanes of at least 4 members (excludes halogenated alkanes) is 1. The first-order valence-corrected chi connectivity index (χ1v) is 12.3. The molecule has 3 rings (SSSR count). The average molecular weight is 478 g/mol. The number of halogens is 1. The van der Waals surface area contributed by atoms with Gasteiger partial charge >= 0.3 is 0 Å². The predicted molar refractivity (Wildman–Crippen MR) is 129 cm³/mol. The lowest BCUT2D eigenvalue weighted by Gasteiger charge is -2.19. The third-order valence-corrected chi connectivity index (χ3v) is 6.56. The van der Waals surface area contributed by atoms with Crippen LogP contribution in [0.2, 0.25) is 5.02 Å². The summed E-state index contributed by atoms with van der Waals surface area (Å²) in [6, 6.07) is 6.97. The third kappa shape index (κ3) is 9.13. The van der Waals surface area contributed by atoms with Gasteiger partial charge in [-0.1, -0.05) is 42.0 Å². The summed E-state index contributed by atoms with van der Waals surface area (Å²) >= 11 is 5.93. The largest absolute Gasteiger partial charge is 0.491 e. The van der Waals surface area contributed by atoms with E-state index in [1.54, 1.807) is 36.4 Å². The number of hydrogen-bond acceptors (Lipinski definition) is 5. The van der Waals surface area contributed by atoms with Crippen LogP contribution < -0.4 is 10.1 Å². The molecule has 33 heavy (non-hydrogen) atoms. The molecule has 0 aliphatic heterocycles. The summed E-state index contributed by atoms with van der Waals surface area (Å²) in [6.45, 7) is 0.883. The molecule has 7 heteroatoms. The normalized spacial score (nSPS) is 26.2. The summed E-state index contributed by atoms with van der Waals surface area (Å²) in [5, 5.41) is 34.5. The van der Waals surface area contributed by atoms with Crippen LogP contribution in [-0.4, -0.2) is 52.7 Å². The number of carbonyl (C=O) groups is 1. The zero-order chi connectivity index (χ0) is 23.6. The molecule has 5 atom stereocenters. The quantitative estimate of drug-likeness (QED) is 0.257. The van der Waals surface area contributed by atoms with E-state index in [0.29, 0.717) is 36.0 Å². The number of carbonyl (C=O) groups excluding carboxylic acids is 1. The number of aliphatic hydroxyl groups is 3. The minimum Gasteiger partial charge on any atom is -0.491 e. The minimum atomic E-state index is -0.837. The Balaban J connectivity index is 1.38. The molecule has 2 saturated carbocycles. The van der Waals surface area contributed by atoms with Crippen LogP contribution in [0.4, 0.5) is 0 Å². The van der Waals surface area contributed by atoms with Crippen LogP contribution in [0.15, 0.2) is 48.6 Å². The zero-order valence-corrected chi connectivity index (χ0v) is 19.7. The SMILES string of the molecule is O=C(CCC/C=C/C[C@@H]1[C@@H](/C=C/[C@H](O)COc2cccc(Cl)c2)[C@H](O)C[C@@H]1O)NCC1CC1. The minimum absolute atomic E-state index is 0.0705. The molecular weight excluding hydrogens is 442 g/mol. The molecule has 4 N–H and O–H groups in total. The molecule has 2 aliphatic rings. The number of hydrogen-bond donors (Lipinski definition) is 4. The van der Waals surface area contributed by atoms with E-state index in [1.807, 2.05) is 12.2 Å². The van der Waals surface area contributed by atoms with E-state index in [1.165, 1.54) is 12.8 Å². The lowest BCUT2D eigenvalue weighted by molar-refractivity contribution is -0.121. The Labute approximate surface area is 201 Å². The first-order chi connectivity index (χ1) is 15.9. The Morgan fingerprint density at radius 3 is 2.82 bits per heavy atom. The van der Waals surface area contributed by atoms with Crippen molar-refractivity contribution in [1.29, 1.82) is 0 Å². The van der Waals surface area contributed by atoms with Crippen LogP contribution in [0.3, 0.4) is 0 Å². The summed E-state index contributed by atoms with van der Waals surface area (Å²) in [6.07, 6.45) is 11.0. The predicted octanol–water partition coefficient (Wildman–Crippen LogP) is 3.64. The van der Waals surface area contributed by atoms with Gasteiger partial charge in [-0.2, -0.15) is 0 Å². The van der Waals surface area contributed by atoms with Gasteiger partial charge in [-0.15, -0.1) is 0 Å². The van der Waals surface area contributed by atoms with Gasteiger partial charge in [0.25, 0.3) is 0 Å². The third-order valence-electron chi connectivity index (χ3n) is 6.32. The standard InChI is InChI=1S/C26H36ClNO5/c27-19-6-5-7-21(14-19)33-17-20(29)12-13-23-22(24(30)15-25(23)31)8-3-1-2-4-9-26(32)28-16-18-10-11-18/h1,3,5-7,12-14,18,20,22-25,29-31H,2,4,8-11,15-17H2,(H,28,32)/b3-1+,13-12+/t20-,22+,23+,24-,25+/m0/s1. The van der Waals surface area contributed by atoms with Crippen molar-refractivity contribution in [1.82, 2.24) is 5.32 Å². The maximum Gasteiger partial charge on any atom is 0.220 e. The van der Waals surface area contributed by atoms with Crippen molar-refractivity contribution in [3.63, 3.8) is 0 Å². The lowest BCUT2D eigenvalue weighted by atomic mass is 9.89. The highest BCUT2D eigenvalue weighted by Crippen LogP contribution is 2.36. The second-order valence-corrected chi connectivity index (χ2v) is 9.62. The molecule has 2 fully saturated rings. The molecule has 0 aromatic heterocycles. The molecule has 0 unspecified atom stereocenters. The van der Waals surface area contributed by atoms with Crippen molar-refractivity contribution < 1.29 is 24.9 Å². The molecule has 1 aromatic rings. The summed E-state index contributed by atoms with van der Waals surface area (Å²) < 4.78 is 5.55. The van der Waals surface area contributed by atoms with Gasteiger partial charge in [0.05, 0.1) is 12.2 Å². The van der Waals surface area contributed by atoms with E-state index >= 15 is 0 Å². The Morgan fingerprint density at radius 2 is 2.06 bits per heavy atom. The lowest BCUT2D eigenvalue weighted by Crippen LogP contribution is -2.24. The van der Waals surface area contributed by atoms with Crippen molar-refractivity contribution in [2.45, 2.75) is 63.3 Å². The highest BCUT2D eigenvalue weighted by molar-refractivity contribution is 6.30. The molecule has 0 bridgehead atoms. The van der Waals surface area contributed by atoms with Crippen LogP contribution in [0, 0.1) is 17.8 Å². The number of amides is 1. The summed E-state index contributed by atoms with van der Waals surface area (Å²) in [5.41, 5.74) is 0. The Hall–Kier alpha value is -1.86. The fourth-order valence-electron chi connectivity index (χ4n) is 4.18. The Morgan fingerprint density at radius 1 is 1.24 bits per heavy atom. The summed E-state index contributed by atoms with van der Waals surface area (Å²) in [4.78, 5) is 11.8. The second-order valence-electron chi connectivity index (χ2n) is 9.18. The Kier molecular flexibility index (Phi) is 10.3. The van der Waals surface area contributed by atoms with Crippen molar-refractivity contribution in [3.05, 3.63) is 53.6 Å². The fraction of sp³-hybridized carbons (Fsp3) is 0.577. The van der Waals surface area contributed by atoms with Crippen molar-refractivity contribution >= 4 is 17.5 Å². The van der Waals surface area contributed by atoms with Gasteiger partial charge in [0.15, 0.2) is 0 Å². The fourth-order valence-corrected chi connectivity index (χ4v) is 4.36. The van der Waals surface area contributed by atoms with Crippen molar-refractivity contribution in [2.24, 2.45) is 17.8 Å². The second kappa shape index (κ2) is 13.1.